The molecule has 1 heterocycles. The van der Waals surface area contributed by atoms with Gasteiger partial charge in [-0.3, -0.25) is 9.69 Å². The minimum atomic E-state index is -1.31. The van der Waals surface area contributed by atoms with Crippen LogP contribution in [0.25, 0.3) is 0 Å². The molecule has 1 aromatic carbocycles. The van der Waals surface area contributed by atoms with Crippen LogP contribution in [-0.2, 0) is 28.5 Å². The Morgan fingerprint density at radius 3 is 2.39 bits per heavy atom. The highest BCUT2D eigenvalue weighted by Crippen LogP contribution is 2.79. The van der Waals surface area contributed by atoms with Crippen molar-refractivity contribution in [2.24, 2.45) is 40.4 Å². The molecule has 0 aromatic heterocycles. The molecule has 13 atom stereocenters. The summed E-state index contributed by atoms with van der Waals surface area (Å²) in [4.78, 5) is 28.7. The predicted octanol–water partition coefficient (Wildman–Crippen LogP) is 2.95. The zero-order valence-electron chi connectivity index (χ0n) is 26.7. The fourth-order valence-electron chi connectivity index (χ4n) is 12.1. The summed E-state index contributed by atoms with van der Waals surface area (Å²) in [5.74, 6) is 0.282. The molecule has 5 saturated carbocycles. The van der Waals surface area contributed by atoms with Crippen LogP contribution in [0.4, 0.5) is 0 Å². The van der Waals surface area contributed by atoms with Gasteiger partial charge >= 0.3 is 11.9 Å². The van der Waals surface area contributed by atoms with Gasteiger partial charge < -0.3 is 33.5 Å². The highest BCUT2D eigenvalue weighted by molar-refractivity contribution is 5.89. The van der Waals surface area contributed by atoms with E-state index in [9.17, 15) is 14.7 Å². The average Bonchev–Trinajstić information content (AvgIpc) is 3.35. The summed E-state index contributed by atoms with van der Waals surface area (Å²) in [6, 6.07) is 7.13. The molecule has 1 saturated heterocycles. The van der Waals surface area contributed by atoms with Crippen LogP contribution in [0.5, 0.6) is 5.75 Å². The molecule has 1 unspecified atom stereocenters. The summed E-state index contributed by atoms with van der Waals surface area (Å²) in [6.45, 7) is 5.76. The van der Waals surface area contributed by atoms with Gasteiger partial charge in [0, 0.05) is 64.0 Å². The molecule has 1 spiro atoms. The molecular formula is C34H47NO9. The van der Waals surface area contributed by atoms with Gasteiger partial charge in [0.15, 0.2) is 0 Å². The van der Waals surface area contributed by atoms with Crippen molar-refractivity contribution in [2.45, 2.75) is 75.6 Å². The number of benzene rings is 1. The Bertz CT molecular complexity index is 1290. The molecule has 1 N–H and O–H groups in total. The number of carbonyl (C=O) groups excluding carboxylic acids is 2. The maximum Gasteiger partial charge on any atom is 0.338 e. The number of hydrogen-bond donors (Lipinski definition) is 1. The molecule has 6 aliphatic rings. The lowest BCUT2D eigenvalue weighted by atomic mass is 9.44. The van der Waals surface area contributed by atoms with Gasteiger partial charge in [-0.1, -0.05) is 6.92 Å². The second-order valence-corrected chi connectivity index (χ2v) is 14.2. The maximum absolute atomic E-state index is 13.7. The van der Waals surface area contributed by atoms with E-state index in [0.29, 0.717) is 30.8 Å². The summed E-state index contributed by atoms with van der Waals surface area (Å²) in [6.07, 6.45) is 1.18. The number of hydrogen-bond acceptors (Lipinski definition) is 10. The minimum Gasteiger partial charge on any atom is -0.497 e. The molecule has 7 bridgehead atoms. The van der Waals surface area contributed by atoms with Gasteiger partial charge in [0.25, 0.3) is 0 Å². The lowest BCUT2D eigenvalue weighted by Crippen LogP contribution is -2.73. The second-order valence-electron chi connectivity index (χ2n) is 14.2. The lowest BCUT2D eigenvalue weighted by molar-refractivity contribution is -0.245. The van der Waals surface area contributed by atoms with Crippen LogP contribution in [0.2, 0.25) is 0 Å². The Morgan fingerprint density at radius 2 is 1.77 bits per heavy atom. The van der Waals surface area contributed by atoms with Gasteiger partial charge in [0.1, 0.15) is 23.6 Å². The van der Waals surface area contributed by atoms with Crippen molar-refractivity contribution in [3.63, 3.8) is 0 Å². The third-order valence-electron chi connectivity index (χ3n) is 13.0. The van der Waals surface area contributed by atoms with E-state index in [1.165, 1.54) is 6.92 Å². The molecular weight excluding hydrogens is 566 g/mol. The van der Waals surface area contributed by atoms with Gasteiger partial charge in [-0.25, -0.2) is 4.79 Å². The molecule has 242 valence electrons. The standard InChI is InChI=1S/C34H47NO9/c1-7-35-16-32(17-39-3)23(43-18(2)36)12-13-33-22-15-34(38)24(41-5)14-21(26(29(33)35)27(42-6)28(32)33)25(22)30(34)44-31(37)19-8-10-20(40-4)11-9-19/h8-11,21-30,38H,7,12-17H2,1-6H3/t21-,22+,23?,24-,25+,26-,27-,28+,29+,30+,32-,33+,34+/m0/s1. The topological polar surface area (TPSA) is 113 Å². The smallest absolute Gasteiger partial charge is 0.338 e. The predicted molar refractivity (Wildman–Crippen MR) is 158 cm³/mol. The Hall–Kier alpha value is -2.24. The Labute approximate surface area is 259 Å². The highest BCUT2D eigenvalue weighted by Gasteiger charge is 2.84. The van der Waals surface area contributed by atoms with Gasteiger partial charge in [0.2, 0.25) is 0 Å². The number of likely N-dealkylation sites (tertiary alicyclic amines) is 1. The summed E-state index contributed by atoms with van der Waals surface area (Å²) in [7, 11) is 6.79. The van der Waals surface area contributed by atoms with Crippen LogP contribution in [0.1, 0.15) is 49.9 Å². The van der Waals surface area contributed by atoms with Crippen LogP contribution in [0.15, 0.2) is 24.3 Å². The summed E-state index contributed by atoms with van der Waals surface area (Å²) < 4.78 is 36.4. The molecule has 5 aliphatic carbocycles. The normalized spacial score (nSPS) is 46.4. The zero-order chi connectivity index (χ0) is 31.2. The first kappa shape index (κ1) is 30.4. The second kappa shape index (κ2) is 10.7. The van der Waals surface area contributed by atoms with E-state index in [1.54, 1.807) is 45.6 Å². The van der Waals surface area contributed by atoms with Crippen molar-refractivity contribution in [2.75, 3.05) is 48.1 Å². The number of carbonyl (C=O) groups is 2. The van der Waals surface area contributed by atoms with E-state index in [1.807, 2.05) is 7.11 Å². The fourth-order valence-corrected chi connectivity index (χ4v) is 12.1. The fraction of sp³-hybridized carbons (Fsp3) is 0.765. The van der Waals surface area contributed by atoms with Crippen LogP contribution >= 0.6 is 0 Å². The first-order chi connectivity index (χ1) is 21.1. The SMILES string of the molecule is CCN1C[C@]2(COC)C(OC(C)=O)CC[C@@]34[C@@H]5C[C@@]6(O)[C@@H](OC)C[C@@H]([C@H]5[C@H]6OC(=O)c5ccc(OC)cc5)[C@@H]([C@H](OC)[C@H]23)[C@@H]14. The molecule has 44 heavy (non-hydrogen) atoms. The van der Waals surface area contributed by atoms with Gasteiger partial charge in [-0.15, -0.1) is 0 Å². The molecule has 0 radical (unpaired) electrons. The number of esters is 2. The van der Waals surface area contributed by atoms with Crippen molar-refractivity contribution in [3.05, 3.63) is 29.8 Å². The third-order valence-corrected chi connectivity index (χ3v) is 13.0. The Balaban J connectivity index is 1.35. The van der Waals surface area contributed by atoms with Gasteiger partial charge in [0.05, 0.1) is 31.5 Å². The highest BCUT2D eigenvalue weighted by atomic mass is 16.6. The van der Waals surface area contributed by atoms with Gasteiger partial charge in [-0.05, 0) is 73.7 Å². The van der Waals surface area contributed by atoms with E-state index in [2.05, 4.69) is 11.8 Å². The number of fused-ring (bicyclic) bond motifs is 2. The van der Waals surface area contributed by atoms with Crippen LogP contribution in [0.3, 0.4) is 0 Å². The summed E-state index contributed by atoms with van der Waals surface area (Å²) >= 11 is 0. The quantitative estimate of drug-likeness (QED) is 0.417. The van der Waals surface area contributed by atoms with Crippen molar-refractivity contribution in [1.82, 2.24) is 4.90 Å². The van der Waals surface area contributed by atoms with Crippen molar-refractivity contribution >= 4 is 11.9 Å². The van der Waals surface area contributed by atoms with Crippen LogP contribution in [0, 0.1) is 40.4 Å². The van der Waals surface area contributed by atoms with E-state index in [-0.39, 0.29) is 59.2 Å². The first-order valence-electron chi connectivity index (χ1n) is 16.2. The number of piperidine rings is 1. The maximum atomic E-state index is 13.7. The van der Waals surface area contributed by atoms with Crippen molar-refractivity contribution < 1.29 is 43.1 Å². The van der Waals surface area contributed by atoms with Gasteiger partial charge in [-0.2, -0.15) is 0 Å². The van der Waals surface area contributed by atoms with E-state index in [4.69, 9.17) is 28.4 Å². The average molecular weight is 614 g/mol. The van der Waals surface area contributed by atoms with E-state index < -0.39 is 29.2 Å². The minimum absolute atomic E-state index is 0.0418. The summed E-state index contributed by atoms with van der Waals surface area (Å²) in [5, 5.41) is 12.6. The number of aliphatic hydroxyl groups is 1. The molecule has 7 rings (SSSR count). The first-order valence-corrected chi connectivity index (χ1v) is 16.2. The molecule has 6 fully saturated rings. The molecule has 1 aliphatic heterocycles. The zero-order valence-corrected chi connectivity index (χ0v) is 26.7. The summed E-state index contributed by atoms with van der Waals surface area (Å²) in [5.41, 5.74) is -1.58. The van der Waals surface area contributed by atoms with Crippen molar-refractivity contribution in [3.8, 4) is 5.75 Å². The number of rotatable bonds is 9. The molecule has 1 aromatic rings. The van der Waals surface area contributed by atoms with Crippen LogP contribution < -0.4 is 4.74 Å². The molecule has 0 amide bonds. The Kier molecular flexibility index (Phi) is 7.37. The number of ether oxygens (including phenoxy) is 6. The Morgan fingerprint density at radius 1 is 1.02 bits per heavy atom. The number of methoxy groups -OCH3 is 4. The monoisotopic (exact) mass is 613 g/mol. The van der Waals surface area contributed by atoms with E-state index in [0.717, 1.165) is 25.9 Å². The number of nitrogens with zero attached hydrogens (tertiary/aromatic N) is 1. The molecule has 10 heteroatoms. The van der Waals surface area contributed by atoms with Crippen molar-refractivity contribution in [1.29, 1.82) is 0 Å². The van der Waals surface area contributed by atoms with E-state index >= 15 is 0 Å². The molecule has 10 nitrogen and oxygen atoms in total. The van der Waals surface area contributed by atoms with Crippen LogP contribution in [-0.4, -0.2) is 106 Å². The lowest BCUT2D eigenvalue weighted by Gasteiger charge is -2.67. The largest absolute Gasteiger partial charge is 0.497 e. The third kappa shape index (κ3) is 3.78.